The first-order chi connectivity index (χ1) is 8.63. The van der Waals surface area contributed by atoms with Gasteiger partial charge >= 0.3 is 0 Å². The van der Waals surface area contributed by atoms with Gasteiger partial charge in [0, 0.05) is 0 Å². The Bertz CT molecular complexity index is 411. The van der Waals surface area contributed by atoms with Gasteiger partial charge in [0.25, 0.3) is 0 Å². The minimum Gasteiger partial charge on any atom is -0.493 e. The highest BCUT2D eigenvalue weighted by molar-refractivity contribution is 5.69. The van der Waals surface area contributed by atoms with Crippen LogP contribution < -0.4 is 15.2 Å². The van der Waals surface area contributed by atoms with Gasteiger partial charge in [0.15, 0.2) is 11.5 Å². The van der Waals surface area contributed by atoms with Gasteiger partial charge in [-0.3, -0.25) is 0 Å². The molecule has 0 aliphatic heterocycles. The zero-order chi connectivity index (χ0) is 13.5. The van der Waals surface area contributed by atoms with Gasteiger partial charge in [0.2, 0.25) is 0 Å². The number of rotatable bonds is 6. The number of hydrogen-bond acceptors (Lipinski definition) is 3. The van der Waals surface area contributed by atoms with E-state index in [4.69, 9.17) is 15.2 Å². The van der Waals surface area contributed by atoms with Crippen molar-refractivity contribution >= 4 is 5.57 Å². The van der Waals surface area contributed by atoms with E-state index >= 15 is 0 Å². The van der Waals surface area contributed by atoms with Crippen molar-refractivity contribution < 1.29 is 9.47 Å². The molecule has 0 amide bonds. The molecule has 0 aromatic heterocycles. The Balaban J connectivity index is 3.13. The molecule has 0 radical (unpaired) electrons. The molecule has 3 nitrogen and oxygen atoms in total. The SMILES string of the molecule is COc1ccc(/C(=C/CCN)C(C)C)cc1OC. The highest BCUT2D eigenvalue weighted by Gasteiger charge is 2.10. The predicted molar refractivity (Wildman–Crippen MR) is 76.0 cm³/mol. The number of allylic oxidation sites excluding steroid dienone is 1. The minimum atomic E-state index is 0.453. The molecule has 2 N–H and O–H groups in total. The van der Waals surface area contributed by atoms with Crippen LogP contribution in [0.3, 0.4) is 0 Å². The fourth-order valence-corrected chi connectivity index (χ4v) is 1.94. The second-order valence-electron chi connectivity index (χ2n) is 4.46. The first kappa shape index (κ1) is 14.6. The summed E-state index contributed by atoms with van der Waals surface area (Å²) in [6, 6.07) is 6.01. The normalized spacial score (nSPS) is 11.8. The lowest BCUT2D eigenvalue weighted by molar-refractivity contribution is 0.355. The van der Waals surface area contributed by atoms with Crippen LogP contribution in [0.4, 0.5) is 0 Å². The predicted octanol–water partition coefficient (Wildman–Crippen LogP) is 3.09. The quantitative estimate of drug-likeness (QED) is 0.842. The van der Waals surface area contributed by atoms with Crippen LogP contribution in [0.5, 0.6) is 11.5 Å². The smallest absolute Gasteiger partial charge is 0.161 e. The van der Waals surface area contributed by atoms with E-state index in [9.17, 15) is 0 Å². The van der Waals surface area contributed by atoms with E-state index in [-0.39, 0.29) is 0 Å². The van der Waals surface area contributed by atoms with Crippen LogP contribution in [0.25, 0.3) is 5.57 Å². The Morgan fingerprint density at radius 3 is 2.39 bits per heavy atom. The van der Waals surface area contributed by atoms with Crippen molar-refractivity contribution in [2.24, 2.45) is 11.7 Å². The number of ether oxygens (including phenoxy) is 2. The van der Waals surface area contributed by atoms with Crippen molar-refractivity contribution in [1.82, 2.24) is 0 Å². The Morgan fingerprint density at radius 2 is 1.89 bits per heavy atom. The summed E-state index contributed by atoms with van der Waals surface area (Å²) in [5.74, 6) is 1.96. The lowest BCUT2D eigenvalue weighted by Crippen LogP contribution is -2.00. The van der Waals surface area contributed by atoms with E-state index in [1.165, 1.54) is 5.57 Å². The summed E-state index contributed by atoms with van der Waals surface area (Å²) in [4.78, 5) is 0. The van der Waals surface area contributed by atoms with Crippen molar-refractivity contribution in [3.63, 3.8) is 0 Å². The average molecular weight is 249 g/mol. The van der Waals surface area contributed by atoms with Gasteiger partial charge in [0.05, 0.1) is 14.2 Å². The van der Waals surface area contributed by atoms with Crippen LogP contribution in [-0.4, -0.2) is 20.8 Å². The van der Waals surface area contributed by atoms with Crippen molar-refractivity contribution in [2.75, 3.05) is 20.8 Å². The molecular formula is C15H23NO2. The monoisotopic (exact) mass is 249 g/mol. The maximum Gasteiger partial charge on any atom is 0.161 e. The molecule has 0 saturated heterocycles. The summed E-state index contributed by atoms with van der Waals surface area (Å²) in [6.07, 6.45) is 3.09. The molecule has 0 aliphatic carbocycles. The van der Waals surface area contributed by atoms with Crippen molar-refractivity contribution in [2.45, 2.75) is 20.3 Å². The Hall–Kier alpha value is -1.48. The van der Waals surface area contributed by atoms with E-state index in [2.05, 4.69) is 26.0 Å². The molecule has 0 unspecified atom stereocenters. The molecule has 1 aromatic rings. The van der Waals surface area contributed by atoms with Gasteiger partial charge in [-0.15, -0.1) is 0 Å². The highest BCUT2D eigenvalue weighted by atomic mass is 16.5. The van der Waals surface area contributed by atoms with Gasteiger partial charge < -0.3 is 15.2 Å². The standard InChI is InChI=1S/C15H23NO2/c1-11(2)13(6-5-9-16)12-7-8-14(17-3)15(10-12)18-4/h6-8,10-11H,5,9,16H2,1-4H3/b13-6+. The Labute approximate surface area is 110 Å². The van der Waals surface area contributed by atoms with Crippen LogP contribution in [0.15, 0.2) is 24.3 Å². The second-order valence-corrected chi connectivity index (χ2v) is 4.46. The molecule has 0 fully saturated rings. The van der Waals surface area contributed by atoms with Crippen LogP contribution in [0, 0.1) is 5.92 Å². The maximum absolute atomic E-state index is 5.57. The molecule has 0 atom stereocenters. The summed E-state index contributed by atoms with van der Waals surface area (Å²) in [5.41, 5.74) is 8.02. The van der Waals surface area contributed by atoms with Crippen molar-refractivity contribution in [3.05, 3.63) is 29.8 Å². The van der Waals surface area contributed by atoms with E-state index in [0.29, 0.717) is 12.5 Å². The molecule has 0 saturated carbocycles. The summed E-state index contributed by atoms with van der Waals surface area (Å²) in [6.45, 7) is 5.03. The zero-order valence-corrected chi connectivity index (χ0v) is 11.7. The van der Waals surface area contributed by atoms with E-state index < -0.39 is 0 Å². The second kappa shape index (κ2) is 7.07. The van der Waals surface area contributed by atoms with Crippen LogP contribution in [-0.2, 0) is 0 Å². The third kappa shape index (κ3) is 3.50. The number of methoxy groups -OCH3 is 2. The van der Waals surface area contributed by atoms with Crippen molar-refractivity contribution in [1.29, 1.82) is 0 Å². The van der Waals surface area contributed by atoms with Gasteiger partial charge in [-0.1, -0.05) is 26.0 Å². The zero-order valence-electron chi connectivity index (χ0n) is 11.7. The summed E-state index contributed by atoms with van der Waals surface area (Å²) in [7, 11) is 3.30. The lowest BCUT2D eigenvalue weighted by atomic mass is 9.94. The molecule has 0 bridgehead atoms. The minimum absolute atomic E-state index is 0.453. The highest BCUT2D eigenvalue weighted by Crippen LogP contribution is 2.32. The Kier molecular flexibility index (Phi) is 5.72. The molecule has 100 valence electrons. The molecular weight excluding hydrogens is 226 g/mol. The molecule has 18 heavy (non-hydrogen) atoms. The fourth-order valence-electron chi connectivity index (χ4n) is 1.94. The number of hydrogen-bond donors (Lipinski definition) is 1. The third-order valence-electron chi connectivity index (χ3n) is 2.87. The van der Waals surface area contributed by atoms with Crippen LogP contribution in [0.2, 0.25) is 0 Å². The Morgan fingerprint density at radius 1 is 1.22 bits per heavy atom. The maximum atomic E-state index is 5.57. The molecule has 1 rings (SSSR count). The topological polar surface area (TPSA) is 44.5 Å². The lowest BCUT2D eigenvalue weighted by Gasteiger charge is -2.15. The van der Waals surface area contributed by atoms with Gasteiger partial charge in [0.1, 0.15) is 0 Å². The summed E-state index contributed by atoms with van der Waals surface area (Å²) < 4.78 is 10.6. The van der Waals surface area contributed by atoms with Crippen LogP contribution >= 0.6 is 0 Å². The van der Waals surface area contributed by atoms with Gasteiger partial charge in [-0.2, -0.15) is 0 Å². The van der Waals surface area contributed by atoms with E-state index in [0.717, 1.165) is 23.5 Å². The number of nitrogens with two attached hydrogens (primary N) is 1. The fraction of sp³-hybridized carbons (Fsp3) is 0.467. The third-order valence-corrected chi connectivity index (χ3v) is 2.87. The molecule has 3 heteroatoms. The number of benzene rings is 1. The average Bonchev–Trinajstić information content (AvgIpc) is 2.38. The molecule has 0 aliphatic rings. The van der Waals surface area contributed by atoms with Crippen LogP contribution in [0.1, 0.15) is 25.8 Å². The van der Waals surface area contributed by atoms with Gasteiger partial charge in [-0.05, 0) is 42.2 Å². The molecule has 0 spiro atoms. The summed E-state index contributed by atoms with van der Waals surface area (Å²) >= 11 is 0. The largest absolute Gasteiger partial charge is 0.493 e. The molecule has 0 heterocycles. The first-order valence-electron chi connectivity index (χ1n) is 6.26. The summed E-state index contributed by atoms with van der Waals surface area (Å²) in [5, 5.41) is 0. The van der Waals surface area contributed by atoms with Crippen molar-refractivity contribution in [3.8, 4) is 11.5 Å². The molecule has 1 aromatic carbocycles. The first-order valence-corrected chi connectivity index (χ1v) is 6.26. The van der Waals surface area contributed by atoms with E-state index in [1.54, 1.807) is 14.2 Å². The van der Waals surface area contributed by atoms with Gasteiger partial charge in [-0.25, -0.2) is 0 Å². The van der Waals surface area contributed by atoms with E-state index in [1.807, 2.05) is 12.1 Å².